The molecule has 1 nitrogen and oxygen atoms in total. The van der Waals surface area contributed by atoms with Crippen LogP contribution in [0.3, 0.4) is 0 Å². The van der Waals surface area contributed by atoms with Crippen molar-refractivity contribution in [2.24, 2.45) is 5.92 Å². The third-order valence-corrected chi connectivity index (χ3v) is 5.52. The Balaban J connectivity index is 2.03. The van der Waals surface area contributed by atoms with Gasteiger partial charge in [-0.1, -0.05) is 42.1 Å². The molecule has 0 radical (unpaired) electrons. The summed E-state index contributed by atoms with van der Waals surface area (Å²) in [6.07, 6.45) is 5.36. The van der Waals surface area contributed by atoms with E-state index in [-0.39, 0.29) is 0 Å². The Morgan fingerprint density at radius 3 is 2.83 bits per heavy atom. The molecule has 0 N–H and O–H groups in total. The van der Waals surface area contributed by atoms with E-state index >= 15 is 0 Å². The topological polar surface area (TPSA) is 3.24 Å². The summed E-state index contributed by atoms with van der Waals surface area (Å²) in [4.78, 5) is 2.47. The molecule has 98 valence electrons. The van der Waals surface area contributed by atoms with E-state index in [1.165, 1.54) is 37.8 Å². The fourth-order valence-corrected chi connectivity index (χ4v) is 4.28. The minimum atomic E-state index is 0.321. The average Bonchev–Trinajstić information content (AvgIpc) is 2.69. The zero-order chi connectivity index (χ0) is 12.8. The first-order valence-electron chi connectivity index (χ1n) is 6.76. The van der Waals surface area contributed by atoms with Crippen molar-refractivity contribution in [3.63, 3.8) is 0 Å². The number of rotatable bonds is 1. The molecule has 2 aliphatic rings. The van der Waals surface area contributed by atoms with Crippen molar-refractivity contribution in [3.05, 3.63) is 33.8 Å². The van der Waals surface area contributed by atoms with Gasteiger partial charge in [0.15, 0.2) is 0 Å². The minimum Gasteiger partial charge on any atom is -0.305 e. The van der Waals surface area contributed by atoms with Crippen molar-refractivity contribution in [1.29, 1.82) is 0 Å². The molecule has 1 aliphatic heterocycles. The van der Waals surface area contributed by atoms with E-state index in [2.05, 4.69) is 24.1 Å². The maximum atomic E-state index is 6.21. The second-order valence-corrected chi connectivity index (χ2v) is 6.74. The van der Waals surface area contributed by atoms with Crippen LogP contribution in [-0.4, -0.2) is 25.0 Å². The van der Waals surface area contributed by atoms with E-state index in [1.807, 2.05) is 6.07 Å². The molecular formula is C15H19Cl2N. The second-order valence-electron chi connectivity index (χ2n) is 5.92. The molecule has 3 heteroatoms. The van der Waals surface area contributed by atoms with Gasteiger partial charge in [-0.2, -0.15) is 0 Å². The van der Waals surface area contributed by atoms with Crippen molar-refractivity contribution in [1.82, 2.24) is 4.90 Å². The molecule has 0 bridgehead atoms. The SMILES string of the molecule is CN1C[C@@H]2CCCCC2(c2ccc(Cl)c(Cl)c2)C1. The molecule has 1 aliphatic carbocycles. The Morgan fingerprint density at radius 1 is 1.22 bits per heavy atom. The maximum absolute atomic E-state index is 6.21. The van der Waals surface area contributed by atoms with Gasteiger partial charge in [0.1, 0.15) is 0 Å². The quantitative estimate of drug-likeness (QED) is 0.740. The Bertz CT molecular complexity index is 460. The smallest absolute Gasteiger partial charge is 0.0595 e. The lowest BCUT2D eigenvalue weighted by Crippen LogP contribution is -2.37. The molecule has 2 atom stereocenters. The van der Waals surface area contributed by atoms with Gasteiger partial charge in [-0.05, 0) is 43.5 Å². The van der Waals surface area contributed by atoms with Gasteiger partial charge in [0, 0.05) is 18.5 Å². The summed E-state index contributed by atoms with van der Waals surface area (Å²) in [6.45, 7) is 2.38. The molecule has 2 fully saturated rings. The summed E-state index contributed by atoms with van der Waals surface area (Å²) < 4.78 is 0. The first kappa shape index (κ1) is 12.8. The highest BCUT2D eigenvalue weighted by molar-refractivity contribution is 6.42. The van der Waals surface area contributed by atoms with Crippen molar-refractivity contribution in [2.45, 2.75) is 31.1 Å². The number of likely N-dealkylation sites (N-methyl/N-ethyl adjacent to an activating group) is 1. The number of likely N-dealkylation sites (tertiary alicyclic amines) is 1. The molecule has 0 spiro atoms. The molecule has 1 aromatic rings. The zero-order valence-electron chi connectivity index (χ0n) is 10.8. The Hall–Kier alpha value is -0.240. The predicted molar refractivity (Wildman–Crippen MR) is 77.6 cm³/mol. The van der Waals surface area contributed by atoms with Crippen molar-refractivity contribution < 1.29 is 0 Å². The Labute approximate surface area is 119 Å². The van der Waals surface area contributed by atoms with E-state index in [9.17, 15) is 0 Å². The number of hydrogen-bond donors (Lipinski definition) is 0. The van der Waals surface area contributed by atoms with Crippen LogP contribution in [0.1, 0.15) is 31.2 Å². The summed E-state index contributed by atoms with van der Waals surface area (Å²) in [5.74, 6) is 0.786. The van der Waals surface area contributed by atoms with Crippen LogP contribution in [0.5, 0.6) is 0 Å². The summed E-state index contributed by atoms with van der Waals surface area (Å²) >= 11 is 12.3. The van der Waals surface area contributed by atoms with Gasteiger partial charge >= 0.3 is 0 Å². The maximum Gasteiger partial charge on any atom is 0.0595 e. The fraction of sp³-hybridized carbons (Fsp3) is 0.600. The van der Waals surface area contributed by atoms with Gasteiger partial charge in [-0.3, -0.25) is 0 Å². The van der Waals surface area contributed by atoms with Gasteiger partial charge < -0.3 is 4.90 Å². The van der Waals surface area contributed by atoms with Crippen molar-refractivity contribution in [2.75, 3.05) is 20.1 Å². The van der Waals surface area contributed by atoms with Gasteiger partial charge in [0.2, 0.25) is 0 Å². The van der Waals surface area contributed by atoms with Gasteiger partial charge in [-0.25, -0.2) is 0 Å². The molecule has 1 aromatic carbocycles. The van der Waals surface area contributed by atoms with E-state index in [0.29, 0.717) is 15.5 Å². The van der Waals surface area contributed by atoms with Gasteiger partial charge in [-0.15, -0.1) is 0 Å². The molecule has 1 unspecified atom stereocenters. The lowest BCUT2D eigenvalue weighted by molar-refractivity contribution is 0.242. The number of fused-ring (bicyclic) bond motifs is 1. The molecular weight excluding hydrogens is 265 g/mol. The minimum absolute atomic E-state index is 0.321. The highest BCUT2D eigenvalue weighted by atomic mass is 35.5. The molecule has 0 amide bonds. The van der Waals surface area contributed by atoms with E-state index < -0.39 is 0 Å². The van der Waals surface area contributed by atoms with Crippen LogP contribution in [0.15, 0.2) is 18.2 Å². The number of nitrogens with zero attached hydrogens (tertiary/aromatic N) is 1. The third-order valence-electron chi connectivity index (χ3n) is 4.79. The summed E-state index contributed by atoms with van der Waals surface area (Å²) in [6, 6.07) is 6.24. The largest absolute Gasteiger partial charge is 0.305 e. The molecule has 1 saturated heterocycles. The summed E-state index contributed by atoms with van der Waals surface area (Å²) in [7, 11) is 2.23. The van der Waals surface area contributed by atoms with E-state index in [1.54, 1.807) is 0 Å². The second kappa shape index (κ2) is 4.70. The van der Waals surface area contributed by atoms with E-state index in [0.717, 1.165) is 12.5 Å². The highest BCUT2D eigenvalue weighted by Gasteiger charge is 2.47. The number of benzene rings is 1. The molecule has 18 heavy (non-hydrogen) atoms. The van der Waals surface area contributed by atoms with Crippen LogP contribution in [0.4, 0.5) is 0 Å². The fourth-order valence-electron chi connectivity index (χ4n) is 3.99. The standard InChI is InChI=1S/C15H19Cl2N/c1-18-9-12-4-2-3-7-15(12,10-18)11-5-6-13(16)14(17)8-11/h5-6,8,12H,2-4,7,9-10H2,1H3/t12-,15?/m0/s1. The van der Waals surface area contributed by atoms with Crippen LogP contribution < -0.4 is 0 Å². The summed E-state index contributed by atoms with van der Waals surface area (Å²) in [5.41, 5.74) is 1.72. The number of hydrogen-bond acceptors (Lipinski definition) is 1. The first-order chi connectivity index (χ1) is 8.62. The van der Waals surface area contributed by atoms with Crippen LogP contribution >= 0.6 is 23.2 Å². The average molecular weight is 284 g/mol. The third kappa shape index (κ3) is 1.97. The lowest BCUT2D eigenvalue weighted by Gasteiger charge is -2.39. The van der Waals surface area contributed by atoms with E-state index in [4.69, 9.17) is 23.2 Å². The van der Waals surface area contributed by atoms with Gasteiger partial charge in [0.05, 0.1) is 10.0 Å². The lowest BCUT2D eigenvalue weighted by atomic mass is 9.64. The monoisotopic (exact) mass is 283 g/mol. The van der Waals surface area contributed by atoms with Crippen LogP contribution in [0.2, 0.25) is 10.0 Å². The Morgan fingerprint density at radius 2 is 2.06 bits per heavy atom. The van der Waals surface area contributed by atoms with Crippen LogP contribution in [0, 0.1) is 5.92 Å². The van der Waals surface area contributed by atoms with Crippen molar-refractivity contribution in [3.8, 4) is 0 Å². The molecule has 3 rings (SSSR count). The normalized spacial score (nSPS) is 32.5. The Kier molecular flexibility index (Phi) is 3.34. The summed E-state index contributed by atoms with van der Waals surface area (Å²) in [5, 5.41) is 1.36. The predicted octanol–water partition coefficient (Wildman–Crippen LogP) is 4.37. The molecule has 1 saturated carbocycles. The van der Waals surface area contributed by atoms with Gasteiger partial charge in [0.25, 0.3) is 0 Å². The van der Waals surface area contributed by atoms with Crippen LogP contribution in [-0.2, 0) is 5.41 Å². The zero-order valence-corrected chi connectivity index (χ0v) is 12.3. The first-order valence-corrected chi connectivity index (χ1v) is 7.51. The van der Waals surface area contributed by atoms with Crippen molar-refractivity contribution >= 4 is 23.2 Å². The number of halogens is 2. The van der Waals surface area contributed by atoms with Crippen LogP contribution in [0.25, 0.3) is 0 Å². The molecule has 1 heterocycles. The molecule has 0 aromatic heterocycles. The highest BCUT2D eigenvalue weighted by Crippen LogP contribution is 2.49.